The van der Waals surface area contributed by atoms with Crippen LogP contribution >= 0.6 is 0 Å². The summed E-state index contributed by atoms with van der Waals surface area (Å²) < 4.78 is 5.16. The summed E-state index contributed by atoms with van der Waals surface area (Å²) in [6.07, 6.45) is 1.05. The number of nitrogens with zero attached hydrogens (tertiary/aromatic N) is 1. The van der Waals surface area contributed by atoms with E-state index in [1.165, 1.54) is 4.90 Å². The van der Waals surface area contributed by atoms with Gasteiger partial charge in [-0.2, -0.15) is 0 Å². The molecule has 0 aromatic rings. The fourth-order valence-electron chi connectivity index (χ4n) is 1.85. The molecule has 1 saturated heterocycles. The lowest BCUT2D eigenvalue weighted by Gasteiger charge is -2.35. The molecule has 18 heavy (non-hydrogen) atoms. The fourth-order valence-corrected chi connectivity index (χ4v) is 1.85. The summed E-state index contributed by atoms with van der Waals surface area (Å²) in [7, 11) is 0. The Morgan fingerprint density at radius 2 is 2.28 bits per heavy atom. The van der Waals surface area contributed by atoms with E-state index in [0.717, 1.165) is 0 Å². The van der Waals surface area contributed by atoms with E-state index in [2.05, 4.69) is 5.32 Å². The molecule has 1 fully saturated rings. The molecular weight excluding hydrogens is 240 g/mol. The second-order valence-corrected chi connectivity index (χ2v) is 4.23. The number of amides is 2. The average molecular weight is 260 g/mol. The van der Waals surface area contributed by atoms with Crippen molar-refractivity contribution in [2.75, 3.05) is 26.4 Å². The first-order valence-electron chi connectivity index (χ1n) is 6.08. The van der Waals surface area contributed by atoms with E-state index in [1.807, 2.05) is 6.92 Å². The Labute approximate surface area is 106 Å². The molecule has 1 heterocycles. The van der Waals surface area contributed by atoms with Crippen LogP contribution in [0.25, 0.3) is 0 Å². The third-order valence-corrected chi connectivity index (χ3v) is 2.87. The van der Waals surface area contributed by atoms with Crippen molar-refractivity contribution in [3.8, 4) is 0 Å². The quantitative estimate of drug-likeness (QED) is 0.627. The molecule has 3 N–H and O–H groups in total. The molecular formula is C11H20N2O5. The number of hydrogen-bond acceptors (Lipinski definition) is 4. The minimum Gasteiger partial charge on any atom is -0.480 e. The van der Waals surface area contributed by atoms with Crippen LogP contribution in [0.2, 0.25) is 0 Å². The van der Waals surface area contributed by atoms with Crippen LogP contribution in [0.5, 0.6) is 0 Å². The summed E-state index contributed by atoms with van der Waals surface area (Å²) in [4.78, 5) is 24.3. The average Bonchev–Trinajstić information content (AvgIpc) is 2.37. The highest BCUT2D eigenvalue weighted by Crippen LogP contribution is 2.08. The Kier molecular flexibility index (Phi) is 5.87. The third kappa shape index (κ3) is 3.85. The molecule has 0 aromatic heterocycles. The molecule has 104 valence electrons. The Morgan fingerprint density at radius 3 is 2.83 bits per heavy atom. The number of ether oxygens (including phenoxy) is 1. The second-order valence-electron chi connectivity index (χ2n) is 4.23. The number of carboxylic acid groups (broad SMARTS) is 1. The van der Waals surface area contributed by atoms with Gasteiger partial charge in [0, 0.05) is 6.54 Å². The lowest BCUT2D eigenvalue weighted by atomic mass is 10.1. The van der Waals surface area contributed by atoms with Gasteiger partial charge in [-0.3, -0.25) is 0 Å². The molecule has 0 bridgehead atoms. The summed E-state index contributed by atoms with van der Waals surface area (Å²) in [6, 6.07) is -1.75. The molecule has 0 spiro atoms. The zero-order valence-electron chi connectivity index (χ0n) is 10.5. The zero-order chi connectivity index (χ0) is 13.5. The van der Waals surface area contributed by atoms with Crippen molar-refractivity contribution in [2.45, 2.75) is 31.8 Å². The number of aliphatic carboxylic acids is 1. The van der Waals surface area contributed by atoms with E-state index in [0.29, 0.717) is 26.0 Å². The first-order valence-corrected chi connectivity index (χ1v) is 6.08. The minimum absolute atomic E-state index is 0.196. The molecule has 1 aliphatic heterocycles. The molecule has 1 unspecified atom stereocenters. The minimum atomic E-state index is -1.04. The zero-order valence-corrected chi connectivity index (χ0v) is 10.5. The van der Waals surface area contributed by atoms with Gasteiger partial charge < -0.3 is 25.2 Å². The topological polar surface area (TPSA) is 99.1 Å². The lowest BCUT2D eigenvalue weighted by molar-refractivity contribution is -0.139. The summed E-state index contributed by atoms with van der Waals surface area (Å²) in [5.74, 6) is -1.04. The van der Waals surface area contributed by atoms with Crippen molar-refractivity contribution in [3.05, 3.63) is 0 Å². The van der Waals surface area contributed by atoms with Gasteiger partial charge in [0.05, 0.1) is 25.9 Å². The Morgan fingerprint density at radius 1 is 1.56 bits per heavy atom. The number of urea groups is 1. The molecule has 2 amide bonds. The van der Waals surface area contributed by atoms with E-state index in [-0.39, 0.29) is 13.2 Å². The molecule has 7 heteroatoms. The van der Waals surface area contributed by atoms with Gasteiger partial charge in [0.1, 0.15) is 6.04 Å². The predicted octanol–water partition coefficient (Wildman–Crippen LogP) is -0.358. The van der Waals surface area contributed by atoms with Gasteiger partial charge in [-0.15, -0.1) is 0 Å². The first kappa shape index (κ1) is 14.7. The van der Waals surface area contributed by atoms with Crippen molar-refractivity contribution in [2.24, 2.45) is 0 Å². The fraction of sp³-hybridized carbons (Fsp3) is 0.818. The monoisotopic (exact) mass is 260 g/mol. The number of aliphatic hydroxyl groups is 1. The number of carboxylic acids is 1. The Hall–Kier alpha value is -1.34. The van der Waals surface area contributed by atoms with Crippen molar-refractivity contribution in [1.82, 2.24) is 10.2 Å². The van der Waals surface area contributed by atoms with Gasteiger partial charge in [0.15, 0.2) is 0 Å². The molecule has 2 atom stereocenters. The van der Waals surface area contributed by atoms with Crippen LogP contribution in [0.1, 0.15) is 19.8 Å². The van der Waals surface area contributed by atoms with Gasteiger partial charge in [-0.05, 0) is 6.42 Å². The molecule has 1 aliphatic rings. The van der Waals surface area contributed by atoms with E-state index < -0.39 is 24.1 Å². The lowest BCUT2D eigenvalue weighted by Crippen LogP contribution is -2.56. The summed E-state index contributed by atoms with van der Waals surface area (Å²) >= 11 is 0. The van der Waals surface area contributed by atoms with Crippen LogP contribution in [-0.2, 0) is 9.53 Å². The van der Waals surface area contributed by atoms with E-state index >= 15 is 0 Å². The molecule has 0 saturated carbocycles. The van der Waals surface area contributed by atoms with Gasteiger partial charge in [0.2, 0.25) is 0 Å². The van der Waals surface area contributed by atoms with Crippen LogP contribution in [-0.4, -0.2) is 65.6 Å². The van der Waals surface area contributed by atoms with E-state index in [9.17, 15) is 9.59 Å². The van der Waals surface area contributed by atoms with Crippen LogP contribution in [0.4, 0.5) is 4.79 Å². The molecule has 0 radical (unpaired) electrons. The SMILES string of the molecule is CCC[C@@H](NC(=O)N1CCOCC1CO)C(=O)O. The van der Waals surface area contributed by atoms with Gasteiger partial charge in [-0.25, -0.2) is 9.59 Å². The summed E-state index contributed by atoms with van der Waals surface area (Å²) in [5.41, 5.74) is 0. The van der Waals surface area contributed by atoms with Gasteiger partial charge in [0.25, 0.3) is 0 Å². The maximum Gasteiger partial charge on any atom is 0.326 e. The predicted molar refractivity (Wildman–Crippen MR) is 63.3 cm³/mol. The molecule has 0 aromatic carbocycles. The highest BCUT2D eigenvalue weighted by Gasteiger charge is 2.29. The Balaban J connectivity index is 2.58. The van der Waals surface area contributed by atoms with Crippen molar-refractivity contribution in [1.29, 1.82) is 0 Å². The number of morpholine rings is 1. The number of aliphatic hydroxyl groups excluding tert-OH is 1. The summed E-state index contributed by atoms with van der Waals surface area (Å²) in [6.45, 7) is 2.69. The van der Waals surface area contributed by atoms with E-state index in [4.69, 9.17) is 14.9 Å². The standard InChI is InChI=1S/C11H20N2O5/c1-2-3-9(10(15)16)12-11(17)13-4-5-18-7-8(13)6-14/h8-9,14H,2-7H2,1H3,(H,12,17)(H,15,16)/t8?,9-/m1/s1. The smallest absolute Gasteiger partial charge is 0.326 e. The molecule has 0 aliphatic carbocycles. The normalized spacial score (nSPS) is 21.4. The van der Waals surface area contributed by atoms with Crippen LogP contribution < -0.4 is 5.32 Å². The maximum absolute atomic E-state index is 11.9. The maximum atomic E-state index is 11.9. The first-order chi connectivity index (χ1) is 8.60. The Bertz CT molecular complexity index is 297. The van der Waals surface area contributed by atoms with Gasteiger partial charge in [-0.1, -0.05) is 13.3 Å². The molecule has 1 rings (SSSR count). The van der Waals surface area contributed by atoms with E-state index in [1.54, 1.807) is 0 Å². The molecule has 7 nitrogen and oxygen atoms in total. The van der Waals surface area contributed by atoms with Gasteiger partial charge >= 0.3 is 12.0 Å². The largest absolute Gasteiger partial charge is 0.480 e. The number of carbonyl (C=O) groups is 2. The summed E-state index contributed by atoms with van der Waals surface area (Å²) in [5, 5.41) is 20.6. The number of rotatable bonds is 5. The number of hydrogen-bond donors (Lipinski definition) is 3. The van der Waals surface area contributed by atoms with Crippen molar-refractivity contribution >= 4 is 12.0 Å². The number of nitrogens with one attached hydrogen (secondary N) is 1. The highest BCUT2D eigenvalue weighted by molar-refractivity contribution is 5.82. The van der Waals surface area contributed by atoms with Crippen molar-refractivity contribution in [3.63, 3.8) is 0 Å². The number of carbonyl (C=O) groups excluding carboxylic acids is 1. The highest BCUT2D eigenvalue weighted by atomic mass is 16.5. The van der Waals surface area contributed by atoms with Crippen LogP contribution in [0.3, 0.4) is 0 Å². The van der Waals surface area contributed by atoms with Crippen LogP contribution in [0.15, 0.2) is 0 Å². The second kappa shape index (κ2) is 7.17. The van der Waals surface area contributed by atoms with Crippen LogP contribution in [0, 0.1) is 0 Å². The van der Waals surface area contributed by atoms with Crippen molar-refractivity contribution < 1.29 is 24.5 Å². The third-order valence-electron chi connectivity index (χ3n) is 2.87.